The Kier molecular flexibility index (Phi) is 23.9. The summed E-state index contributed by atoms with van der Waals surface area (Å²) >= 11 is 0. The number of nitrogens with one attached hydrogen (secondary N) is 2. The van der Waals surface area contributed by atoms with Crippen LogP contribution in [0.2, 0.25) is 0 Å². The molecule has 0 amide bonds. The fourth-order valence-electron chi connectivity index (χ4n) is 0.891. The summed E-state index contributed by atoms with van der Waals surface area (Å²) in [6.45, 7) is 5.78. The van der Waals surface area contributed by atoms with Crippen LogP contribution in [0.15, 0.2) is 30.3 Å². The Morgan fingerprint density at radius 2 is 1.55 bits per heavy atom. The number of ether oxygens (including phenoxy) is 1. The lowest BCUT2D eigenvalue weighted by atomic mass is 10.2. The second-order valence-corrected chi connectivity index (χ2v) is 4.03. The minimum atomic E-state index is -0.445. The van der Waals surface area contributed by atoms with E-state index in [1.165, 1.54) is 5.56 Å². The van der Waals surface area contributed by atoms with Crippen LogP contribution in [0.25, 0.3) is 0 Å². The predicted octanol–water partition coefficient (Wildman–Crippen LogP) is 1.56. The van der Waals surface area contributed by atoms with E-state index in [1.807, 2.05) is 18.2 Å². The van der Waals surface area contributed by atoms with Crippen LogP contribution in [0.5, 0.6) is 0 Å². The molecule has 0 spiro atoms. The third-order valence-electron chi connectivity index (χ3n) is 1.82. The number of hydrogen-bond acceptors (Lipinski definition) is 7. The van der Waals surface area contributed by atoms with Gasteiger partial charge in [-0.15, -0.1) is 0 Å². The van der Waals surface area contributed by atoms with Gasteiger partial charge in [0.1, 0.15) is 0 Å². The van der Waals surface area contributed by atoms with Gasteiger partial charge in [0.25, 0.3) is 0 Å². The minimum Gasteiger partial charge on any atom is -0.394 e. The number of rotatable bonds is 4. The van der Waals surface area contributed by atoms with Gasteiger partial charge >= 0.3 is 0 Å². The van der Waals surface area contributed by atoms with Gasteiger partial charge in [-0.1, -0.05) is 35.9 Å². The summed E-state index contributed by atoms with van der Waals surface area (Å²) in [5.41, 5.74) is 1.32. The van der Waals surface area contributed by atoms with Gasteiger partial charge in [0.05, 0.1) is 25.4 Å². The van der Waals surface area contributed by atoms with Gasteiger partial charge in [0.15, 0.2) is 0 Å². The first kappa shape index (κ1) is 24.9. The highest BCUT2D eigenvalue weighted by atomic mass is 16.5. The monoisotopic (exact) mass is 312 g/mol. The molecule has 0 bridgehead atoms. The van der Waals surface area contributed by atoms with E-state index in [1.54, 1.807) is 13.8 Å². The van der Waals surface area contributed by atoms with Crippen LogP contribution in [0, 0.1) is 17.7 Å². The number of benzene rings is 1. The number of aliphatic hydroxyl groups is 2. The highest BCUT2D eigenvalue weighted by Gasteiger charge is 2.00. The van der Waals surface area contributed by atoms with E-state index in [4.69, 9.17) is 35.4 Å². The molecule has 0 fully saturated rings. The van der Waals surface area contributed by atoms with Crippen molar-refractivity contribution in [2.24, 2.45) is 0 Å². The summed E-state index contributed by atoms with van der Waals surface area (Å²) < 4.78 is 4.95. The van der Waals surface area contributed by atoms with Gasteiger partial charge in [-0.3, -0.25) is 0 Å². The molecular formula is C15H24N2O5. The number of aryl methyl sites for hydroxylation is 1. The zero-order chi connectivity index (χ0) is 17.8. The maximum atomic E-state index is 8.69. The first-order valence-corrected chi connectivity index (χ1v) is 6.39. The Bertz CT molecular complexity index is 386. The van der Waals surface area contributed by atoms with Gasteiger partial charge in [-0.05, 0) is 20.8 Å². The SMILES string of the molecule is CC(O)COC(C)CO.Cc1ccccc1.N=C=O.N=C=O. The van der Waals surface area contributed by atoms with Gasteiger partial charge in [0, 0.05) is 0 Å². The molecule has 4 N–H and O–H groups in total. The molecule has 0 radical (unpaired) electrons. The molecular weight excluding hydrogens is 288 g/mol. The molecule has 7 heteroatoms. The van der Waals surface area contributed by atoms with Crippen LogP contribution < -0.4 is 0 Å². The number of aliphatic hydroxyl groups excluding tert-OH is 2. The Balaban J connectivity index is -0.000000246. The van der Waals surface area contributed by atoms with Crippen LogP contribution in [0.1, 0.15) is 19.4 Å². The van der Waals surface area contributed by atoms with Crippen molar-refractivity contribution in [3.05, 3.63) is 35.9 Å². The second-order valence-electron chi connectivity index (χ2n) is 4.03. The normalized spacial score (nSPS) is 10.6. The lowest BCUT2D eigenvalue weighted by molar-refractivity contribution is -0.0177. The molecule has 0 aromatic heterocycles. The summed E-state index contributed by atoms with van der Waals surface area (Å²) in [6, 6.07) is 10.3. The van der Waals surface area contributed by atoms with Crippen molar-refractivity contribution in [3.63, 3.8) is 0 Å². The van der Waals surface area contributed by atoms with Crippen LogP contribution >= 0.6 is 0 Å². The van der Waals surface area contributed by atoms with Crippen molar-refractivity contribution >= 4 is 12.2 Å². The highest BCUT2D eigenvalue weighted by molar-refractivity contribution is 5.26. The molecule has 0 aliphatic rings. The van der Waals surface area contributed by atoms with E-state index >= 15 is 0 Å². The van der Waals surface area contributed by atoms with Crippen LogP contribution in [0.4, 0.5) is 0 Å². The van der Waals surface area contributed by atoms with Crippen LogP contribution in [-0.4, -0.2) is 47.8 Å². The number of hydrogen-bond donors (Lipinski definition) is 4. The van der Waals surface area contributed by atoms with Crippen LogP contribution in [0.3, 0.4) is 0 Å². The van der Waals surface area contributed by atoms with Crippen molar-refractivity contribution in [2.75, 3.05) is 13.2 Å². The second kappa shape index (κ2) is 21.2. The maximum Gasteiger partial charge on any atom is 0.231 e. The fraction of sp³-hybridized carbons (Fsp3) is 0.467. The van der Waals surface area contributed by atoms with E-state index in [0.29, 0.717) is 6.61 Å². The molecule has 1 aromatic carbocycles. The van der Waals surface area contributed by atoms with E-state index in [0.717, 1.165) is 12.2 Å². The molecule has 0 aliphatic carbocycles. The molecule has 0 aliphatic heterocycles. The fourth-order valence-corrected chi connectivity index (χ4v) is 0.891. The third-order valence-corrected chi connectivity index (χ3v) is 1.82. The first-order valence-electron chi connectivity index (χ1n) is 6.39. The van der Waals surface area contributed by atoms with Gasteiger partial charge < -0.3 is 14.9 Å². The summed E-state index contributed by atoms with van der Waals surface area (Å²) in [4.78, 5) is 16.7. The summed E-state index contributed by atoms with van der Waals surface area (Å²) in [6.07, 6.45) is 0.888. The molecule has 0 saturated heterocycles. The van der Waals surface area contributed by atoms with Crippen molar-refractivity contribution in [1.29, 1.82) is 10.8 Å². The summed E-state index contributed by atoms with van der Waals surface area (Å²) in [5.74, 6) is 0. The van der Waals surface area contributed by atoms with Gasteiger partial charge in [-0.25, -0.2) is 20.4 Å². The molecule has 2 unspecified atom stereocenters. The Labute approximate surface area is 130 Å². The number of isocyanates is 2. The van der Waals surface area contributed by atoms with E-state index in [9.17, 15) is 0 Å². The molecule has 1 aromatic rings. The smallest absolute Gasteiger partial charge is 0.231 e. The quantitative estimate of drug-likeness (QED) is 0.495. The Morgan fingerprint density at radius 1 is 1.14 bits per heavy atom. The summed E-state index contributed by atoms with van der Waals surface area (Å²) in [7, 11) is 0. The van der Waals surface area contributed by atoms with E-state index in [-0.39, 0.29) is 12.7 Å². The predicted molar refractivity (Wildman–Crippen MR) is 82.2 cm³/mol. The average molecular weight is 312 g/mol. The summed E-state index contributed by atoms with van der Waals surface area (Å²) in [5, 5.41) is 27.9. The van der Waals surface area contributed by atoms with Crippen LogP contribution in [-0.2, 0) is 14.3 Å². The topological polar surface area (TPSA) is 132 Å². The standard InChI is InChI=1S/C7H8.C6H14O3.2CHNO/c1-7-5-3-2-4-6-7;1-5(8)4-9-6(2)3-7;2*2-1-3/h2-6H,1H3;5-8H,3-4H2,1-2H3;2*2H. The van der Waals surface area contributed by atoms with Gasteiger partial charge in [-0.2, -0.15) is 0 Å². The lowest BCUT2D eigenvalue weighted by Crippen LogP contribution is -2.19. The number of carbonyl (C=O) groups excluding carboxylic acids is 2. The van der Waals surface area contributed by atoms with Crippen molar-refractivity contribution < 1.29 is 24.5 Å². The van der Waals surface area contributed by atoms with Crippen molar-refractivity contribution in [3.8, 4) is 0 Å². The zero-order valence-electron chi connectivity index (χ0n) is 13.1. The Hall–Kier alpha value is -2.14. The molecule has 124 valence electrons. The maximum absolute atomic E-state index is 8.69. The molecule has 2 atom stereocenters. The minimum absolute atomic E-state index is 0.00667. The average Bonchev–Trinajstić information content (AvgIpc) is 2.48. The van der Waals surface area contributed by atoms with Gasteiger partial charge in [0.2, 0.25) is 12.2 Å². The van der Waals surface area contributed by atoms with Crippen molar-refractivity contribution in [1.82, 2.24) is 0 Å². The van der Waals surface area contributed by atoms with Crippen molar-refractivity contribution in [2.45, 2.75) is 33.0 Å². The first-order chi connectivity index (χ1) is 10.4. The highest BCUT2D eigenvalue weighted by Crippen LogP contribution is 1.92. The molecule has 0 heterocycles. The zero-order valence-corrected chi connectivity index (χ0v) is 13.1. The molecule has 1 rings (SSSR count). The lowest BCUT2D eigenvalue weighted by Gasteiger charge is -2.10. The third kappa shape index (κ3) is 30.7. The largest absolute Gasteiger partial charge is 0.394 e. The van der Waals surface area contributed by atoms with E-state index < -0.39 is 6.10 Å². The molecule has 0 saturated carbocycles. The molecule has 7 nitrogen and oxygen atoms in total. The molecule has 22 heavy (non-hydrogen) atoms. The van der Waals surface area contributed by atoms with E-state index in [2.05, 4.69) is 19.1 Å². The Morgan fingerprint density at radius 3 is 1.77 bits per heavy atom.